The maximum atomic E-state index is 12.2. The fraction of sp³-hybridized carbons (Fsp3) is 0.500. The molecule has 3 rings (SSSR count). The van der Waals surface area contributed by atoms with Gasteiger partial charge in [-0.1, -0.05) is 23.2 Å². The normalized spacial score (nSPS) is 17.8. The second kappa shape index (κ2) is 7.62. The van der Waals surface area contributed by atoms with E-state index < -0.39 is 18.3 Å². The minimum Gasteiger partial charge on any atom is -0.434 e. The Hall–Kier alpha value is -1.54. The lowest BCUT2D eigenvalue weighted by Crippen LogP contribution is -2.41. The number of hydrogen-bond acceptors (Lipinski definition) is 5. The van der Waals surface area contributed by atoms with E-state index in [0.29, 0.717) is 21.2 Å². The van der Waals surface area contributed by atoms with Crippen LogP contribution in [-0.2, 0) is 9.31 Å². The van der Waals surface area contributed by atoms with E-state index in [1.807, 2.05) is 41.5 Å². The van der Waals surface area contributed by atoms with Crippen LogP contribution in [0, 0.1) is 6.92 Å². The van der Waals surface area contributed by atoms with Crippen molar-refractivity contribution in [3.63, 3.8) is 0 Å². The van der Waals surface area contributed by atoms with Gasteiger partial charge in [-0.3, -0.25) is 4.79 Å². The standard InChI is InChI=1S/C20H25BCl2N2O4/c1-11(2)25-10-16(24-12(3)18(25)26)27-17-14(22)8-13(9-15(17)23)21-28-19(4,5)20(6,7)29-21/h8-11H,1-7H3. The van der Waals surface area contributed by atoms with Crippen molar-refractivity contribution >= 4 is 35.8 Å². The summed E-state index contributed by atoms with van der Waals surface area (Å²) in [4.78, 5) is 16.4. The zero-order valence-corrected chi connectivity index (χ0v) is 19.2. The molecular weight excluding hydrogens is 414 g/mol. The quantitative estimate of drug-likeness (QED) is 0.656. The lowest BCUT2D eigenvalue weighted by molar-refractivity contribution is 0.00578. The Balaban J connectivity index is 1.93. The molecule has 0 saturated carbocycles. The molecule has 1 saturated heterocycles. The number of aromatic nitrogens is 2. The van der Waals surface area contributed by atoms with Gasteiger partial charge in [-0.2, -0.15) is 0 Å². The summed E-state index contributed by atoms with van der Waals surface area (Å²) in [5, 5.41) is 0.591. The van der Waals surface area contributed by atoms with Crippen molar-refractivity contribution in [3.8, 4) is 11.6 Å². The fourth-order valence-corrected chi connectivity index (χ4v) is 3.52. The number of benzene rings is 1. The van der Waals surface area contributed by atoms with Gasteiger partial charge in [0.1, 0.15) is 5.69 Å². The highest BCUT2D eigenvalue weighted by Crippen LogP contribution is 2.39. The van der Waals surface area contributed by atoms with Crippen molar-refractivity contribution in [2.45, 2.75) is 65.7 Å². The summed E-state index contributed by atoms with van der Waals surface area (Å²) in [6, 6.07) is 3.37. The molecule has 0 aliphatic carbocycles. The molecule has 2 aromatic rings. The molecule has 1 aromatic carbocycles. The van der Waals surface area contributed by atoms with Crippen LogP contribution in [0.15, 0.2) is 23.1 Å². The minimum absolute atomic E-state index is 0.0387. The van der Waals surface area contributed by atoms with Crippen molar-refractivity contribution in [2.75, 3.05) is 0 Å². The van der Waals surface area contributed by atoms with E-state index in [0.717, 1.165) is 0 Å². The molecule has 9 heteroatoms. The Bertz CT molecular complexity index is 965. The third kappa shape index (κ3) is 4.19. The van der Waals surface area contributed by atoms with Gasteiger partial charge in [0.15, 0.2) is 5.75 Å². The van der Waals surface area contributed by atoms with Crippen molar-refractivity contribution in [2.24, 2.45) is 0 Å². The molecule has 1 aliphatic rings. The number of ether oxygens (including phenoxy) is 1. The highest BCUT2D eigenvalue weighted by Gasteiger charge is 2.51. The summed E-state index contributed by atoms with van der Waals surface area (Å²) >= 11 is 12.9. The van der Waals surface area contributed by atoms with Crippen LogP contribution in [0.2, 0.25) is 10.0 Å². The Kier molecular flexibility index (Phi) is 5.82. The number of halogens is 2. The van der Waals surface area contributed by atoms with Gasteiger partial charge < -0.3 is 18.6 Å². The average Bonchev–Trinajstić information content (AvgIpc) is 2.81. The summed E-state index contributed by atoms with van der Waals surface area (Å²) in [5.74, 6) is 0.498. The van der Waals surface area contributed by atoms with Gasteiger partial charge in [-0.05, 0) is 66.1 Å². The van der Waals surface area contributed by atoms with Gasteiger partial charge in [-0.15, -0.1) is 0 Å². The summed E-state index contributed by atoms with van der Waals surface area (Å²) in [5.41, 5.74) is -0.0875. The lowest BCUT2D eigenvalue weighted by Gasteiger charge is -2.32. The molecule has 1 fully saturated rings. The van der Waals surface area contributed by atoms with E-state index in [1.165, 1.54) is 0 Å². The Morgan fingerprint density at radius 3 is 2.10 bits per heavy atom. The van der Waals surface area contributed by atoms with E-state index in [4.69, 9.17) is 37.2 Å². The van der Waals surface area contributed by atoms with E-state index >= 15 is 0 Å². The molecule has 0 radical (unpaired) electrons. The molecule has 29 heavy (non-hydrogen) atoms. The molecule has 6 nitrogen and oxygen atoms in total. The SMILES string of the molecule is Cc1nc(Oc2c(Cl)cc(B3OC(C)(C)C(C)(C)O3)cc2Cl)cn(C(C)C)c1=O. The molecule has 0 unspecified atom stereocenters. The first kappa shape index (κ1) is 22.2. The van der Waals surface area contributed by atoms with Gasteiger partial charge >= 0.3 is 7.12 Å². The van der Waals surface area contributed by atoms with Crippen molar-refractivity contribution in [3.05, 3.63) is 44.4 Å². The smallest absolute Gasteiger partial charge is 0.434 e. The Morgan fingerprint density at radius 2 is 1.62 bits per heavy atom. The minimum atomic E-state index is -0.590. The van der Waals surface area contributed by atoms with Crippen LogP contribution in [0.4, 0.5) is 0 Å². The van der Waals surface area contributed by atoms with Crippen LogP contribution in [0.5, 0.6) is 11.6 Å². The molecule has 1 aliphatic heterocycles. The molecule has 2 heterocycles. The maximum Gasteiger partial charge on any atom is 0.494 e. The van der Waals surface area contributed by atoms with Crippen LogP contribution in [0.3, 0.4) is 0 Å². The van der Waals surface area contributed by atoms with Crippen LogP contribution in [-0.4, -0.2) is 27.9 Å². The summed E-state index contributed by atoms with van der Waals surface area (Å²) in [6.07, 6.45) is 1.55. The fourth-order valence-electron chi connectivity index (χ4n) is 2.94. The predicted octanol–water partition coefficient (Wildman–Crippen LogP) is 4.53. The molecular formula is C20H25BCl2N2O4. The van der Waals surface area contributed by atoms with Crippen LogP contribution in [0.1, 0.15) is 53.3 Å². The number of nitrogens with zero attached hydrogens (tertiary/aromatic N) is 2. The molecule has 0 bridgehead atoms. The third-order valence-corrected chi connectivity index (χ3v) is 5.94. The molecule has 1 aromatic heterocycles. The van der Waals surface area contributed by atoms with E-state index in [9.17, 15) is 4.79 Å². The van der Waals surface area contributed by atoms with Crippen molar-refractivity contribution < 1.29 is 14.0 Å². The Morgan fingerprint density at radius 1 is 1.10 bits per heavy atom. The van der Waals surface area contributed by atoms with E-state index in [2.05, 4.69) is 4.98 Å². The summed E-state index contributed by atoms with van der Waals surface area (Å²) < 4.78 is 19.5. The van der Waals surface area contributed by atoms with Crippen molar-refractivity contribution in [1.82, 2.24) is 9.55 Å². The second-order valence-electron chi connectivity index (χ2n) is 8.47. The van der Waals surface area contributed by atoms with E-state index in [1.54, 1.807) is 29.8 Å². The van der Waals surface area contributed by atoms with Gasteiger partial charge in [0.05, 0.1) is 27.4 Å². The predicted molar refractivity (Wildman–Crippen MR) is 116 cm³/mol. The summed E-state index contributed by atoms with van der Waals surface area (Å²) in [6.45, 7) is 13.4. The molecule has 0 amide bonds. The first-order chi connectivity index (χ1) is 13.3. The highest BCUT2D eigenvalue weighted by molar-refractivity contribution is 6.63. The van der Waals surface area contributed by atoms with E-state index in [-0.39, 0.29) is 23.2 Å². The molecule has 0 spiro atoms. The van der Waals surface area contributed by atoms with Gasteiger partial charge in [0.25, 0.3) is 5.56 Å². The number of aryl methyl sites for hydroxylation is 1. The monoisotopic (exact) mass is 438 g/mol. The molecule has 0 atom stereocenters. The molecule has 156 valence electrons. The summed E-state index contributed by atoms with van der Waals surface area (Å²) in [7, 11) is -0.590. The van der Waals surface area contributed by atoms with Crippen LogP contribution >= 0.6 is 23.2 Å². The maximum absolute atomic E-state index is 12.2. The highest BCUT2D eigenvalue weighted by atomic mass is 35.5. The zero-order valence-electron chi connectivity index (χ0n) is 17.7. The average molecular weight is 439 g/mol. The first-order valence-electron chi connectivity index (χ1n) is 9.44. The largest absolute Gasteiger partial charge is 0.494 e. The van der Waals surface area contributed by atoms with Gasteiger partial charge in [0, 0.05) is 6.04 Å². The zero-order chi connectivity index (χ0) is 21.7. The Labute approximate surface area is 181 Å². The molecule has 0 N–H and O–H groups in total. The van der Waals surface area contributed by atoms with Crippen molar-refractivity contribution in [1.29, 1.82) is 0 Å². The van der Waals surface area contributed by atoms with Gasteiger partial charge in [-0.25, -0.2) is 4.98 Å². The van der Waals surface area contributed by atoms with Gasteiger partial charge in [0.2, 0.25) is 5.88 Å². The number of rotatable bonds is 4. The first-order valence-corrected chi connectivity index (χ1v) is 10.2. The van der Waals surface area contributed by atoms with Crippen LogP contribution in [0.25, 0.3) is 0 Å². The number of hydrogen-bond donors (Lipinski definition) is 0. The topological polar surface area (TPSA) is 62.6 Å². The second-order valence-corrected chi connectivity index (χ2v) is 9.29. The van der Waals surface area contributed by atoms with Crippen LogP contribution < -0.4 is 15.8 Å². The third-order valence-electron chi connectivity index (χ3n) is 5.38. The lowest BCUT2D eigenvalue weighted by atomic mass is 9.79.